The van der Waals surface area contributed by atoms with Crippen LogP contribution in [0.3, 0.4) is 0 Å². The summed E-state index contributed by atoms with van der Waals surface area (Å²) >= 11 is 0. The number of aliphatic imine (C=N–C) groups is 1. The van der Waals surface area contributed by atoms with E-state index in [1.165, 1.54) is 12.1 Å². The van der Waals surface area contributed by atoms with E-state index in [0.29, 0.717) is 17.7 Å². The van der Waals surface area contributed by atoms with E-state index in [1.807, 2.05) is 24.3 Å². The highest BCUT2D eigenvalue weighted by atomic mass is 19.4. The molecule has 5 nitrogen and oxygen atoms in total. The van der Waals surface area contributed by atoms with Crippen LogP contribution in [0.2, 0.25) is 0 Å². The highest BCUT2D eigenvalue weighted by Gasteiger charge is 2.29. The number of aromatic amines is 1. The topological polar surface area (TPSA) is 63.2 Å². The fourth-order valence-corrected chi connectivity index (χ4v) is 2.54. The number of rotatable bonds is 6. The Morgan fingerprint density at radius 2 is 1.85 bits per heavy atom. The Balaban J connectivity index is 1.72. The first kappa shape index (κ1) is 18.6. The molecule has 0 saturated heterocycles. The summed E-state index contributed by atoms with van der Waals surface area (Å²) in [5.74, 6) is 0.639. The molecule has 8 heteroatoms. The third kappa shape index (κ3) is 4.72. The Bertz CT molecular complexity index is 917. The molecule has 1 aromatic heterocycles. The highest BCUT2D eigenvalue weighted by Crippen LogP contribution is 2.29. The van der Waals surface area contributed by atoms with Crippen molar-refractivity contribution in [1.29, 1.82) is 0 Å². The maximum absolute atomic E-state index is 12.6. The Morgan fingerprint density at radius 1 is 1.11 bits per heavy atom. The van der Waals surface area contributed by atoms with Crippen LogP contribution in [0.1, 0.15) is 28.1 Å². The number of nitrogens with zero attached hydrogens (tertiary/aromatic N) is 3. The molecule has 0 aliphatic carbocycles. The quantitative estimate of drug-likeness (QED) is 0.663. The Hall–Kier alpha value is -3.16. The normalized spacial score (nSPS) is 11.9. The zero-order chi connectivity index (χ0) is 19.3. The first-order valence-electron chi connectivity index (χ1n) is 8.16. The van der Waals surface area contributed by atoms with E-state index in [9.17, 15) is 13.2 Å². The lowest BCUT2D eigenvalue weighted by atomic mass is 10.1. The third-order valence-electron chi connectivity index (χ3n) is 3.92. The Labute approximate surface area is 153 Å². The van der Waals surface area contributed by atoms with Crippen LogP contribution >= 0.6 is 0 Å². The van der Waals surface area contributed by atoms with E-state index in [2.05, 4.69) is 20.4 Å². The van der Waals surface area contributed by atoms with Crippen LogP contribution in [0, 0.1) is 0 Å². The minimum Gasteiger partial charge on any atom is -0.489 e. The summed E-state index contributed by atoms with van der Waals surface area (Å²) in [5, 5.41) is 10.6. The van der Waals surface area contributed by atoms with Crippen molar-refractivity contribution < 1.29 is 17.9 Å². The number of aromatic nitrogens is 3. The van der Waals surface area contributed by atoms with Crippen molar-refractivity contribution in [2.24, 2.45) is 4.99 Å². The number of para-hydroxylation sites is 1. The van der Waals surface area contributed by atoms with Crippen molar-refractivity contribution in [2.75, 3.05) is 7.05 Å². The third-order valence-corrected chi connectivity index (χ3v) is 3.92. The number of H-pyrrole nitrogens is 1. The summed E-state index contributed by atoms with van der Waals surface area (Å²) < 4.78 is 43.7. The van der Waals surface area contributed by atoms with Crippen LogP contribution in [0.15, 0.2) is 53.5 Å². The molecule has 27 heavy (non-hydrogen) atoms. The highest BCUT2D eigenvalue weighted by molar-refractivity contribution is 5.78. The molecule has 2 aromatic carbocycles. The van der Waals surface area contributed by atoms with Crippen LogP contribution in [0.5, 0.6) is 5.75 Å². The molecule has 0 aliphatic rings. The van der Waals surface area contributed by atoms with Gasteiger partial charge in [-0.2, -0.15) is 13.2 Å². The molecular weight excluding hydrogens is 357 g/mol. The monoisotopic (exact) mass is 374 g/mol. The van der Waals surface area contributed by atoms with Crippen molar-refractivity contribution in [3.8, 4) is 5.75 Å². The van der Waals surface area contributed by atoms with Gasteiger partial charge in [-0.05, 0) is 23.8 Å². The second kappa shape index (κ2) is 8.03. The average Bonchev–Trinajstić information content (AvgIpc) is 3.08. The van der Waals surface area contributed by atoms with Gasteiger partial charge in [0.2, 0.25) is 0 Å². The standard InChI is InChI=1S/C19H17F3N4O/c1-23-11-17-16(24-26-25-17)10-14-4-2-3-5-18(14)27-12-13-6-8-15(9-7-13)19(20,21)22/h2-9,11H,10,12H2,1H3,(H,24,25,26)/b23-11-. The van der Waals surface area contributed by atoms with Gasteiger partial charge in [-0.15, -0.1) is 5.10 Å². The fourth-order valence-electron chi connectivity index (χ4n) is 2.54. The molecular formula is C19H17F3N4O. The van der Waals surface area contributed by atoms with Gasteiger partial charge in [0.25, 0.3) is 0 Å². The Morgan fingerprint density at radius 3 is 2.56 bits per heavy atom. The van der Waals surface area contributed by atoms with Gasteiger partial charge in [0.1, 0.15) is 12.4 Å². The largest absolute Gasteiger partial charge is 0.489 e. The number of hydrogen-bond acceptors (Lipinski definition) is 4. The maximum atomic E-state index is 12.6. The van der Waals surface area contributed by atoms with Gasteiger partial charge in [0, 0.05) is 25.2 Å². The minimum atomic E-state index is -4.34. The number of alkyl halides is 3. The van der Waals surface area contributed by atoms with E-state index in [-0.39, 0.29) is 6.61 Å². The number of halogens is 3. The predicted octanol–water partition coefficient (Wildman–Crippen LogP) is 4.04. The molecule has 0 amide bonds. The minimum absolute atomic E-state index is 0.164. The lowest BCUT2D eigenvalue weighted by Crippen LogP contribution is -2.05. The van der Waals surface area contributed by atoms with Gasteiger partial charge in [-0.3, -0.25) is 10.1 Å². The van der Waals surface area contributed by atoms with Crippen molar-refractivity contribution in [3.63, 3.8) is 0 Å². The van der Waals surface area contributed by atoms with Crippen LogP contribution in [0.4, 0.5) is 13.2 Å². The van der Waals surface area contributed by atoms with Gasteiger partial charge < -0.3 is 4.74 Å². The second-order valence-electron chi connectivity index (χ2n) is 5.83. The fraction of sp³-hybridized carbons (Fsp3) is 0.211. The molecule has 0 bridgehead atoms. The van der Waals surface area contributed by atoms with E-state index in [1.54, 1.807) is 13.3 Å². The molecule has 3 rings (SSSR count). The number of benzene rings is 2. The summed E-state index contributed by atoms with van der Waals surface area (Å²) in [6.07, 6.45) is -2.22. The average molecular weight is 374 g/mol. The maximum Gasteiger partial charge on any atom is 0.416 e. The molecule has 140 valence electrons. The van der Waals surface area contributed by atoms with Gasteiger partial charge in [0.15, 0.2) is 0 Å². The summed E-state index contributed by atoms with van der Waals surface area (Å²) in [4.78, 5) is 3.96. The van der Waals surface area contributed by atoms with Crippen molar-refractivity contribution in [1.82, 2.24) is 15.4 Å². The molecule has 0 fully saturated rings. The SMILES string of the molecule is C/N=C\c1[nH]nnc1Cc1ccccc1OCc1ccc(C(F)(F)F)cc1. The van der Waals surface area contributed by atoms with Crippen LogP contribution in [-0.4, -0.2) is 28.7 Å². The molecule has 0 aliphatic heterocycles. The summed E-state index contributed by atoms with van der Waals surface area (Å²) in [5.41, 5.74) is 2.31. The Kier molecular flexibility index (Phi) is 5.54. The summed E-state index contributed by atoms with van der Waals surface area (Å²) in [6, 6.07) is 12.4. The van der Waals surface area contributed by atoms with Crippen molar-refractivity contribution >= 4 is 6.21 Å². The molecule has 0 atom stereocenters. The van der Waals surface area contributed by atoms with Gasteiger partial charge >= 0.3 is 6.18 Å². The molecule has 0 radical (unpaired) electrons. The van der Waals surface area contributed by atoms with E-state index >= 15 is 0 Å². The van der Waals surface area contributed by atoms with Gasteiger partial charge in [0.05, 0.1) is 17.0 Å². The smallest absolute Gasteiger partial charge is 0.416 e. The number of ether oxygens (including phenoxy) is 1. The second-order valence-corrected chi connectivity index (χ2v) is 5.83. The van der Waals surface area contributed by atoms with Crippen molar-refractivity contribution in [2.45, 2.75) is 19.2 Å². The summed E-state index contributed by atoms with van der Waals surface area (Å²) in [7, 11) is 1.66. The molecule has 0 saturated carbocycles. The predicted molar refractivity (Wildman–Crippen MR) is 94.9 cm³/mol. The lowest BCUT2D eigenvalue weighted by Gasteiger charge is -2.12. The number of nitrogens with one attached hydrogen (secondary N) is 1. The molecule has 0 unspecified atom stereocenters. The van der Waals surface area contributed by atoms with E-state index < -0.39 is 11.7 Å². The zero-order valence-corrected chi connectivity index (χ0v) is 14.5. The molecule has 3 aromatic rings. The first-order valence-corrected chi connectivity index (χ1v) is 8.16. The van der Waals surface area contributed by atoms with Crippen LogP contribution in [0.25, 0.3) is 0 Å². The lowest BCUT2D eigenvalue weighted by molar-refractivity contribution is -0.137. The van der Waals surface area contributed by atoms with E-state index in [0.717, 1.165) is 29.1 Å². The van der Waals surface area contributed by atoms with Gasteiger partial charge in [-0.1, -0.05) is 35.5 Å². The van der Waals surface area contributed by atoms with Crippen molar-refractivity contribution in [3.05, 3.63) is 76.6 Å². The summed E-state index contributed by atoms with van der Waals surface area (Å²) in [6.45, 7) is 0.164. The zero-order valence-electron chi connectivity index (χ0n) is 14.5. The molecule has 1 heterocycles. The van der Waals surface area contributed by atoms with Gasteiger partial charge in [-0.25, -0.2) is 0 Å². The first-order chi connectivity index (χ1) is 13.0. The molecule has 1 N–H and O–H groups in total. The van der Waals surface area contributed by atoms with Crippen LogP contribution in [-0.2, 0) is 19.2 Å². The number of hydrogen-bond donors (Lipinski definition) is 1. The molecule has 0 spiro atoms. The van der Waals surface area contributed by atoms with E-state index in [4.69, 9.17) is 4.74 Å². The van der Waals surface area contributed by atoms with Crippen LogP contribution < -0.4 is 4.74 Å².